The second-order valence-corrected chi connectivity index (χ2v) is 6.13. The predicted molar refractivity (Wildman–Crippen MR) is 80.9 cm³/mol. The Hall–Kier alpha value is -1.59. The maximum absolute atomic E-state index is 8.65. The van der Waals surface area contributed by atoms with Crippen molar-refractivity contribution in [1.82, 2.24) is 9.80 Å². The van der Waals surface area contributed by atoms with Crippen LogP contribution in [0.5, 0.6) is 0 Å². The Kier molecular flexibility index (Phi) is 4.30. The third kappa shape index (κ3) is 3.29. The van der Waals surface area contributed by atoms with Crippen LogP contribution in [0.2, 0.25) is 0 Å². The van der Waals surface area contributed by atoms with Gasteiger partial charge in [-0.1, -0.05) is 29.4 Å². The summed E-state index contributed by atoms with van der Waals surface area (Å²) in [5, 5.41) is 11.7. The first-order valence-corrected chi connectivity index (χ1v) is 6.93. The molecule has 1 fully saturated rings. The molecule has 1 aliphatic heterocycles. The first kappa shape index (κ1) is 14.8. The van der Waals surface area contributed by atoms with Crippen molar-refractivity contribution in [2.24, 2.45) is 10.9 Å². The zero-order chi connectivity index (χ0) is 14.8. The molecule has 3 N–H and O–H groups in total. The van der Waals surface area contributed by atoms with Gasteiger partial charge in [-0.15, -0.1) is 0 Å². The lowest BCUT2D eigenvalue weighted by molar-refractivity contribution is 0.0360. The average Bonchev–Trinajstić information content (AvgIpc) is 2.42. The van der Waals surface area contributed by atoms with Crippen LogP contribution in [0.1, 0.15) is 25.0 Å². The van der Waals surface area contributed by atoms with Gasteiger partial charge in [0.15, 0.2) is 5.84 Å². The predicted octanol–water partition coefficient (Wildman–Crippen LogP) is 1.31. The number of rotatable bonds is 3. The highest BCUT2D eigenvalue weighted by Crippen LogP contribution is 2.20. The highest BCUT2D eigenvalue weighted by atomic mass is 16.4. The Morgan fingerprint density at radius 2 is 1.95 bits per heavy atom. The van der Waals surface area contributed by atoms with E-state index in [1.165, 1.54) is 5.56 Å². The standard InChI is InChI=1S/C15H24N4O/c1-15(2)11-19(9-8-18(15)3)10-12-4-6-13(7-5-12)14(16)17-20/h4-7,20H,8-11H2,1-3H3,(H2,16,17). The van der Waals surface area contributed by atoms with Crippen molar-refractivity contribution >= 4 is 5.84 Å². The van der Waals surface area contributed by atoms with Crippen LogP contribution in [0.15, 0.2) is 29.4 Å². The van der Waals surface area contributed by atoms with E-state index in [0.717, 1.165) is 31.7 Å². The van der Waals surface area contributed by atoms with Crippen molar-refractivity contribution in [2.75, 3.05) is 26.7 Å². The summed E-state index contributed by atoms with van der Waals surface area (Å²) in [4.78, 5) is 4.88. The van der Waals surface area contributed by atoms with E-state index in [1.807, 2.05) is 24.3 Å². The summed E-state index contributed by atoms with van der Waals surface area (Å²) < 4.78 is 0. The van der Waals surface area contributed by atoms with E-state index in [9.17, 15) is 0 Å². The molecule has 1 heterocycles. The van der Waals surface area contributed by atoms with Gasteiger partial charge in [0.1, 0.15) is 0 Å². The Morgan fingerprint density at radius 3 is 2.50 bits per heavy atom. The van der Waals surface area contributed by atoms with Crippen LogP contribution in [0.4, 0.5) is 0 Å². The molecule has 0 atom stereocenters. The molecule has 0 radical (unpaired) electrons. The monoisotopic (exact) mass is 276 g/mol. The summed E-state index contributed by atoms with van der Waals surface area (Å²) >= 11 is 0. The minimum Gasteiger partial charge on any atom is -0.409 e. The maximum atomic E-state index is 8.65. The molecule has 0 amide bonds. The molecule has 1 aromatic carbocycles. The first-order valence-electron chi connectivity index (χ1n) is 6.93. The molecular formula is C15H24N4O. The lowest BCUT2D eigenvalue weighted by atomic mass is 9.99. The van der Waals surface area contributed by atoms with Crippen LogP contribution in [0.25, 0.3) is 0 Å². The molecular weight excluding hydrogens is 252 g/mol. The zero-order valence-electron chi connectivity index (χ0n) is 12.5. The minimum atomic E-state index is 0.150. The van der Waals surface area contributed by atoms with Crippen LogP contribution in [-0.2, 0) is 6.54 Å². The number of amidine groups is 1. The van der Waals surface area contributed by atoms with Crippen molar-refractivity contribution in [3.8, 4) is 0 Å². The van der Waals surface area contributed by atoms with Gasteiger partial charge >= 0.3 is 0 Å². The van der Waals surface area contributed by atoms with Crippen LogP contribution < -0.4 is 5.73 Å². The number of hydrogen-bond acceptors (Lipinski definition) is 4. The van der Waals surface area contributed by atoms with Gasteiger partial charge in [-0.3, -0.25) is 9.80 Å². The smallest absolute Gasteiger partial charge is 0.170 e. The number of benzene rings is 1. The summed E-state index contributed by atoms with van der Waals surface area (Å²) in [6.45, 7) is 8.73. The number of likely N-dealkylation sites (N-methyl/N-ethyl adjacent to an activating group) is 1. The summed E-state index contributed by atoms with van der Waals surface area (Å²) in [6.07, 6.45) is 0. The van der Waals surface area contributed by atoms with Gasteiger partial charge in [-0.05, 0) is 26.5 Å². The highest BCUT2D eigenvalue weighted by molar-refractivity contribution is 5.96. The maximum Gasteiger partial charge on any atom is 0.170 e. The van der Waals surface area contributed by atoms with E-state index < -0.39 is 0 Å². The normalized spacial score (nSPS) is 21.1. The molecule has 2 rings (SSSR count). The molecule has 0 aliphatic carbocycles. The fourth-order valence-electron chi connectivity index (χ4n) is 2.57. The van der Waals surface area contributed by atoms with E-state index in [2.05, 4.69) is 35.9 Å². The van der Waals surface area contributed by atoms with Gasteiger partial charge in [0, 0.05) is 37.3 Å². The molecule has 1 aliphatic rings. The number of nitrogens with zero attached hydrogens (tertiary/aromatic N) is 3. The lowest BCUT2D eigenvalue weighted by Crippen LogP contribution is -2.57. The molecule has 0 unspecified atom stereocenters. The first-order chi connectivity index (χ1) is 9.42. The highest BCUT2D eigenvalue weighted by Gasteiger charge is 2.30. The second kappa shape index (κ2) is 5.81. The lowest BCUT2D eigenvalue weighted by Gasteiger charge is -2.45. The van der Waals surface area contributed by atoms with E-state index in [1.54, 1.807) is 0 Å². The molecule has 0 aromatic heterocycles. The van der Waals surface area contributed by atoms with Gasteiger partial charge in [-0.25, -0.2) is 0 Å². The van der Waals surface area contributed by atoms with Crippen molar-refractivity contribution in [3.63, 3.8) is 0 Å². The van der Waals surface area contributed by atoms with E-state index in [4.69, 9.17) is 10.9 Å². The summed E-state index contributed by atoms with van der Waals surface area (Å²) in [6, 6.07) is 7.87. The van der Waals surface area contributed by atoms with E-state index in [0.29, 0.717) is 0 Å². The fraction of sp³-hybridized carbons (Fsp3) is 0.533. The Morgan fingerprint density at radius 1 is 1.30 bits per heavy atom. The molecule has 0 saturated carbocycles. The van der Waals surface area contributed by atoms with Crippen LogP contribution in [0.3, 0.4) is 0 Å². The summed E-state index contributed by atoms with van der Waals surface area (Å²) in [5.41, 5.74) is 7.77. The molecule has 1 saturated heterocycles. The van der Waals surface area contributed by atoms with Crippen LogP contribution in [0, 0.1) is 0 Å². The average molecular weight is 276 g/mol. The van der Waals surface area contributed by atoms with Gasteiger partial charge in [0.25, 0.3) is 0 Å². The fourth-order valence-corrected chi connectivity index (χ4v) is 2.57. The van der Waals surface area contributed by atoms with Gasteiger partial charge in [0.05, 0.1) is 0 Å². The van der Waals surface area contributed by atoms with Crippen LogP contribution >= 0.6 is 0 Å². The second-order valence-electron chi connectivity index (χ2n) is 6.13. The molecule has 0 bridgehead atoms. The van der Waals surface area contributed by atoms with Crippen molar-refractivity contribution in [2.45, 2.75) is 25.9 Å². The quantitative estimate of drug-likeness (QED) is 0.378. The molecule has 110 valence electrons. The van der Waals surface area contributed by atoms with Crippen LogP contribution in [-0.4, -0.2) is 53.1 Å². The number of nitrogens with two attached hydrogens (primary N) is 1. The number of hydrogen-bond donors (Lipinski definition) is 2. The third-order valence-electron chi connectivity index (χ3n) is 4.16. The van der Waals surface area contributed by atoms with Gasteiger partial charge in [-0.2, -0.15) is 0 Å². The SMILES string of the molecule is CN1CCN(Cc2ccc(C(N)=NO)cc2)CC1(C)C. The van der Waals surface area contributed by atoms with Crippen molar-refractivity contribution < 1.29 is 5.21 Å². The van der Waals surface area contributed by atoms with Crippen molar-refractivity contribution in [1.29, 1.82) is 0 Å². The van der Waals surface area contributed by atoms with Gasteiger partial charge < -0.3 is 10.9 Å². The minimum absolute atomic E-state index is 0.150. The number of piperazine rings is 1. The molecule has 5 nitrogen and oxygen atoms in total. The van der Waals surface area contributed by atoms with Crippen molar-refractivity contribution in [3.05, 3.63) is 35.4 Å². The number of oxime groups is 1. The van der Waals surface area contributed by atoms with E-state index >= 15 is 0 Å². The topological polar surface area (TPSA) is 65.1 Å². The molecule has 1 aromatic rings. The molecule has 5 heteroatoms. The Bertz CT molecular complexity index is 481. The summed E-state index contributed by atoms with van der Waals surface area (Å²) in [7, 11) is 2.18. The Labute approximate surface area is 120 Å². The van der Waals surface area contributed by atoms with E-state index in [-0.39, 0.29) is 11.4 Å². The van der Waals surface area contributed by atoms with Gasteiger partial charge in [0.2, 0.25) is 0 Å². The molecule has 20 heavy (non-hydrogen) atoms. The summed E-state index contributed by atoms with van der Waals surface area (Å²) in [5.74, 6) is 0.150. The largest absolute Gasteiger partial charge is 0.409 e. The Balaban J connectivity index is 2.00. The zero-order valence-corrected chi connectivity index (χ0v) is 12.5. The third-order valence-corrected chi connectivity index (χ3v) is 4.16. The molecule has 0 spiro atoms.